The minimum atomic E-state index is -0.514. The molecule has 8 aromatic rings. The highest BCUT2D eigenvalue weighted by atomic mass is 15.2. The first-order valence-electron chi connectivity index (χ1n) is 23.8. The van der Waals surface area contributed by atoms with Crippen LogP contribution < -0.4 is 11.1 Å². The summed E-state index contributed by atoms with van der Waals surface area (Å²) in [6, 6.07) is 60.7. The summed E-state index contributed by atoms with van der Waals surface area (Å²) in [7, 11) is 0. The number of anilines is 1. The molecule has 5 aliphatic rings. The molecule has 7 aromatic carbocycles. The van der Waals surface area contributed by atoms with Crippen molar-refractivity contribution in [3.05, 3.63) is 198 Å². The molecule has 1 aliphatic heterocycles. The molecule has 1 unspecified atom stereocenters. The second kappa shape index (κ2) is 16.5. The van der Waals surface area contributed by atoms with E-state index in [1.54, 1.807) is 0 Å². The van der Waals surface area contributed by atoms with Gasteiger partial charge in [-0.25, -0.2) is 15.0 Å². The lowest BCUT2D eigenvalue weighted by atomic mass is 9.51. The van der Waals surface area contributed by atoms with E-state index in [0.717, 1.165) is 121 Å². The lowest BCUT2D eigenvalue weighted by Crippen LogP contribution is -2.43. The normalized spacial score (nSPS) is 22.1. The van der Waals surface area contributed by atoms with Gasteiger partial charge in [0.05, 0.1) is 11.0 Å². The first kappa shape index (κ1) is 39.5. The van der Waals surface area contributed by atoms with E-state index in [0.29, 0.717) is 11.6 Å². The lowest BCUT2D eigenvalue weighted by molar-refractivity contribution is -0.00277. The molecule has 3 N–H and O–H groups in total. The highest BCUT2D eigenvalue weighted by Gasteiger charge is 2.48. The fourth-order valence-electron chi connectivity index (χ4n) is 12.2. The first-order chi connectivity index (χ1) is 32.0. The number of fused-ring (bicyclic) bond motifs is 1. The van der Waals surface area contributed by atoms with Crippen molar-refractivity contribution in [3.63, 3.8) is 0 Å². The first-order valence-corrected chi connectivity index (χ1v) is 23.8. The lowest BCUT2D eigenvalue weighted by Gasteiger charge is -2.54. The van der Waals surface area contributed by atoms with E-state index in [4.69, 9.17) is 20.7 Å². The topological polar surface area (TPSA) is 80.6 Å². The van der Waals surface area contributed by atoms with Crippen LogP contribution in [0.2, 0.25) is 0 Å². The number of aliphatic imine (C=N–C) groups is 2. The molecule has 0 saturated heterocycles. The number of nitrogen functional groups attached to an aromatic ring is 1. The van der Waals surface area contributed by atoms with E-state index in [1.165, 1.54) is 37.7 Å². The molecule has 4 saturated carbocycles. The van der Waals surface area contributed by atoms with Crippen molar-refractivity contribution in [2.24, 2.45) is 33.7 Å². The van der Waals surface area contributed by atoms with Crippen LogP contribution in [0.5, 0.6) is 0 Å². The van der Waals surface area contributed by atoms with Crippen LogP contribution in [-0.4, -0.2) is 21.2 Å². The van der Waals surface area contributed by atoms with E-state index >= 15 is 0 Å². The highest BCUT2D eigenvalue weighted by molar-refractivity contribution is 6.16. The number of nitrogens with two attached hydrogens (primary N) is 1. The third kappa shape index (κ3) is 7.35. The van der Waals surface area contributed by atoms with E-state index in [1.807, 2.05) is 6.07 Å². The fraction of sp³-hybridized carbons (Fsp3) is 0.237. The summed E-state index contributed by atoms with van der Waals surface area (Å²) in [5, 5.41) is 3.62. The molecule has 4 fully saturated rings. The van der Waals surface area contributed by atoms with Gasteiger partial charge in [0.25, 0.3) is 0 Å². The Kier molecular flexibility index (Phi) is 10.0. The number of nitrogens with one attached hydrogen (secondary N) is 1. The molecular formula is C59H54N6. The minimum Gasteiger partial charge on any atom is -0.398 e. The molecule has 65 heavy (non-hydrogen) atoms. The molecule has 0 radical (unpaired) electrons. The van der Waals surface area contributed by atoms with Gasteiger partial charge >= 0.3 is 0 Å². The maximum absolute atomic E-state index is 7.22. The van der Waals surface area contributed by atoms with Crippen molar-refractivity contribution in [1.82, 2.24) is 14.9 Å². The van der Waals surface area contributed by atoms with Crippen LogP contribution in [0.3, 0.4) is 0 Å². The number of para-hydroxylation sites is 3. The number of nitrogens with zero attached hydrogens (tertiary/aromatic N) is 4. The summed E-state index contributed by atoms with van der Waals surface area (Å²) in [6.45, 7) is 2.21. The van der Waals surface area contributed by atoms with Crippen LogP contribution in [0.1, 0.15) is 85.6 Å². The molecule has 1 atom stereocenters. The summed E-state index contributed by atoms with van der Waals surface area (Å²) in [6.07, 6.45) is 8.61. The molecule has 13 rings (SSSR count). The predicted octanol–water partition coefficient (Wildman–Crippen LogP) is 13.6. The highest BCUT2D eigenvalue weighted by Crippen LogP contribution is 2.59. The van der Waals surface area contributed by atoms with E-state index in [2.05, 4.69) is 181 Å². The Labute approximate surface area is 382 Å². The number of imidazole rings is 1. The Balaban J connectivity index is 0.852. The maximum atomic E-state index is 7.22. The monoisotopic (exact) mass is 846 g/mol. The van der Waals surface area contributed by atoms with Crippen molar-refractivity contribution in [2.45, 2.75) is 64.0 Å². The van der Waals surface area contributed by atoms with Gasteiger partial charge in [0.2, 0.25) is 0 Å². The van der Waals surface area contributed by atoms with Gasteiger partial charge in [-0.3, -0.25) is 4.57 Å². The minimum absolute atomic E-state index is 0.514. The molecule has 320 valence electrons. The molecule has 6 heteroatoms. The molecule has 4 aliphatic carbocycles. The van der Waals surface area contributed by atoms with Gasteiger partial charge in [0.1, 0.15) is 17.5 Å². The number of rotatable bonds is 10. The third-order valence-electron chi connectivity index (χ3n) is 14.9. The number of benzene rings is 7. The summed E-state index contributed by atoms with van der Waals surface area (Å²) >= 11 is 0. The average Bonchev–Trinajstić information content (AvgIpc) is 3.72. The van der Waals surface area contributed by atoms with E-state index in [9.17, 15) is 0 Å². The molecule has 4 bridgehead atoms. The Morgan fingerprint density at radius 1 is 0.554 bits per heavy atom. The van der Waals surface area contributed by atoms with Crippen molar-refractivity contribution in [2.75, 3.05) is 5.73 Å². The van der Waals surface area contributed by atoms with Gasteiger partial charge in [-0.05, 0) is 138 Å². The zero-order valence-corrected chi connectivity index (χ0v) is 36.9. The van der Waals surface area contributed by atoms with Gasteiger partial charge in [-0.15, -0.1) is 0 Å². The van der Waals surface area contributed by atoms with Crippen LogP contribution in [0.25, 0.3) is 50.1 Å². The SMILES string of the molecule is CCCc1nc2ccccc2n1-c1cccc(-c2cccc(-c3cccc(-c4cccc(C5N=C(c6ccccc6)NC(c6ccc(C7C8CC9CC(C8)CC7C9)cc6)=N5)c4N)c3)c2)c1. The van der Waals surface area contributed by atoms with Crippen molar-refractivity contribution in [3.8, 4) is 39.1 Å². The fourth-order valence-corrected chi connectivity index (χ4v) is 12.2. The van der Waals surface area contributed by atoms with Gasteiger partial charge in [-0.2, -0.15) is 0 Å². The maximum Gasteiger partial charge on any atom is 0.171 e. The number of aryl methyl sites for hydroxylation is 1. The second-order valence-corrected chi connectivity index (χ2v) is 19.0. The number of amidine groups is 2. The van der Waals surface area contributed by atoms with Gasteiger partial charge in [0.15, 0.2) is 6.17 Å². The molecule has 6 nitrogen and oxygen atoms in total. The van der Waals surface area contributed by atoms with Gasteiger partial charge < -0.3 is 11.1 Å². The number of hydrogen-bond donors (Lipinski definition) is 2. The number of aromatic nitrogens is 2. The van der Waals surface area contributed by atoms with Crippen LogP contribution in [-0.2, 0) is 6.42 Å². The average molecular weight is 847 g/mol. The van der Waals surface area contributed by atoms with Gasteiger partial charge in [-0.1, -0.05) is 140 Å². The summed E-state index contributed by atoms with van der Waals surface area (Å²) in [5.74, 6) is 7.04. The van der Waals surface area contributed by atoms with Crippen molar-refractivity contribution < 1.29 is 0 Å². The van der Waals surface area contributed by atoms with Gasteiger partial charge in [0, 0.05) is 40.0 Å². The largest absolute Gasteiger partial charge is 0.398 e. The Morgan fingerprint density at radius 2 is 1.12 bits per heavy atom. The molecule has 0 spiro atoms. The zero-order chi connectivity index (χ0) is 43.4. The summed E-state index contributed by atoms with van der Waals surface area (Å²) < 4.78 is 2.32. The quantitative estimate of drug-likeness (QED) is 0.135. The van der Waals surface area contributed by atoms with Crippen LogP contribution in [0, 0.1) is 23.7 Å². The third-order valence-corrected chi connectivity index (χ3v) is 14.9. The zero-order valence-electron chi connectivity index (χ0n) is 36.9. The van der Waals surface area contributed by atoms with Crippen LogP contribution in [0.4, 0.5) is 5.69 Å². The Hall–Kier alpha value is -7.05. The summed E-state index contributed by atoms with van der Waals surface area (Å²) in [5.41, 5.74) is 22.3. The summed E-state index contributed by atoms with van der Waals surface area (Å²) in [4.78, 5) is 15.5. The molecular weight excluding hydrogens is 793 g/mol. The van der Waals surface area contributed by atoms with E-state index in [-0.39, 0.29) is 0 Å². The van der Waals surface area contributed by atoms with Crippen molar-refractivity contribution in [1.29, 1.82) is 0 Å². The number of hydrogen-bond acceptors (Lipinski definition) is 5. The predicted molar refractivity (Wildman–Crippen MR) is 267 cm³/mol. The smallest absolute Gasteiger partial charge is 0.171 e. The van der Waals surface area contributed by atoms with Crippen LogP contribution in [0.15, 0.2) is 180 Å². The Bertz CT molecular complexity index is 3090. The standard InChI is InChI=1S/C59H54N6/c1-2-12-54-61-52-23-6-7-24-53(52)65(54)49-20-10-18-45(36-49)43-16-8-15-42(34-43)44-17-9-19-46(35-44)50-21-11-22-51(56(50)60)59-63-57(40-13-4-3-5-14-40)62-58(64-59)41-27-25-39(26-28-41)55-47-30-37-29-38(32-47)33-48(55)31-37/h3-11,13-28,34-38,47-48,55,59H,2,12,29-33,60H2,1H3,(H,62,63,64). The molecule has 1 aromatic heterocycles. The van der Waals surface area contributed by atoms with Crippen molar-refractivity contribution >= 4 is 28.4 Å². The Morgan fingerprint density at radius 3 is 1.82 bits per heavy atom. The molecule has 2 heterocycles. The molecule has 0 amide bonds. The van der Waals surface area contributed by atoms with Crippen LogP contribution >= 0.6 is 0 Å². The second-order valence-electron chi connectivity index (χ2n) is 19.0. The van der Waals surface area contributed by atoms with E-state index < -0.39 is 6.17 Å².